The van der Waals surface area contributed by atoms with Gasteiger partial charge in [-0.25, -0.2) is 0 Å². The number of aryl methyl sites for hydroxylation is 3. The minimum atomic E-state index is -3.56. The first kappa shape index (κ1) is 48.4. The molecule has 0 saturated heterocycles. The molecule has 0 unspecified atom stereocenters. The molecule has 0 spiro atoms. The minimum Gasteiger partial charge on any atom is -0.575 e. The topological polar surface area (TPSA) is 130 Å². The van der Waals surface area contributed by atoms with Crippen molar-refractivity contribution >= 4 is 48.2 Å². The number of aromatic nitrogens is 9. The Morgan fingerprint density at radius 2 is 0.600 bits per heavy atom. The first-order chi connectivity index (χ1) is 34.1. The van der Waals surface area contributed by atoms with E-state index in [0.29, 0.717) is 53.9 Å². The summed E-state index contributed by atoms with van der Waals surface area (Å²) in [6, 6.07) is 36.5. The zero-order chi connectivity index (χ0) is 48.9. The summed E-state index contributed by atoms with van der Waals surface area (Å²) in [5.74, 6) is 1.75. The second-order valence-electron chi connectivity index (χ2n) is 17.8. The Balaban J connectivity index is 1.30. The lowest BCUT2D eigenvalue weighted by molar-refractivity contribution is 0.268. The van der Waals surface area contributed by atoms with Gasteiger partial charge in [0, 0.05) is 36.3 Å². The van der Waals surface area contributed by atoms with E-state index in [0.717, 1.165) is 106 Å². The molecular formula is C54H63AlN12O3. The Morgan fingerprint density at radius 1 is 0.371 bits per heavy atom. The quantitative estimate of drug-likeness (QED) is 0.0636. The van der Waals surface area contributed by atoms with Gasteiger partial charge in [0.2, 0.25) is 0 Å². The third kappa shape index (κ3) is 10.4. The normalized spacial score (nSPS) is 11.8. The van der Waals surface area contributed by atoms with Gasteiger partial charge in [0.25, 0.3) is 0 Å². The number of rotatable bonds is 21. The first-order valence-electron chi connectivity index (χ1n) is 24.6. The lowest BCUT2D eigenvalue weighted by atomic mass is 10.1. The average Bonchev–Trinajstić information content (AvgIpc) is 4.13. The van der Waals surface area contributed by atoms with Crippen molar-refractivity contribution in [2.75, 3.05) is 39.3 Å². The van der Waals surface area contributed by atoms with Crippen molar-refractivity contribution in [3.05, 3.63) is 143 Å². The van der Waals surface area contributed by atoms with E-state index < -0.39 is 15.1 Å². The fraction of sp³-hybridized carbons (Fsp3) is 0.333. The van der Waals surface area contributed by atoms with Crippen LogP contribution in [0.4, 0.5) is 0 Å². The lowest BCUT2D eigenvalue weighted by Gasteiger charge is -2.28. The highest BCUT2D eigenvalue weighted by Gasteiger charge is 2.48. The summed E-state index contributed by atoms with van der Waals surface area (Å²) in [4.78, 5) is 12.2. The molecule has 0 fully saturated rings. The van der Waals surface area contributed by atoms with Gasteiger partial charge in [0.1, 0.15) is 67.4 Å². The highest BCUT2D eigenvalue weighted by atomic mass is 27.3. The molecule has 9 rings (SSSR count). The fourth-order valence-electron chi connectivity index (χ4n) is 9.02. The molecule has 0 aliphatic heterocycles. The van der Waals surface area contributed by atoms with Crippen LogP contribution in [0, 0.1) is 20.8 Å². The molecule has 360 valence electrons. The summed E-state index contributed by atoms with van der Waals surface area (Å²) in [5.41, 5.74) is 12.7. The third-order valence-corrected chi connectivity index (χ3v) is 14.2. The molecule has 16 heteroatoms. The number of nitrogens with zero attached hydrogens (tertiary/aromatic N) is 12. The van der Waals surface area contributed by atoms with Crippen molar-refractivity contribution in [2.45, 2.75) is 81.9 Å². The van der Waals surface area contributed by atoms with Crippen molar-refractivity contribution in [3.63, 3.8) is 0 Å². The predicted octanol–water partition coefficient (Wildman–Crippen LogP) is 9.86. The monoisotopic (exact) mass is 954 g/mol. The Bertz CT molecular complexity index is 2800. The molecule has 3 aromatic heterocycles. The Hall–Kier alpha value is -6.67. The molecule has 0 aliphatic rings. The number of fused-ring (bicyclic) bond motifs is 3. The van der Waals surface area contributed by atoms with Gasteiger partial charge in [-0.2, -0.15) is 0 Å². The second-order valence-corrected chi connectivity index (χ2v) is 19.1. The largest absolute Gasteiger partial charge is 1.20 e. The van der Waals surface area contributed by atoms with Gasteiger partial charge in [-0.05, 0) is 131 Å². The molecule has 15 nitrogen and oxygen atoms in total. The van der Waals surface area contributed by atoms with Gasteiger partial charge in [-0.15, -0.1) is 45.0 Å². The molecule has 0 radical (unpaired) electrons. The number of hydrogen-bond donors (Lipinski definition) is 0. The zero-order valence-electron chi connectivity index (χ0n) is 41.9. The van der Waals surface area contributed by atoms with Crippen LogP contribution >= 0.6 is 0 Å². The van der Waals surface area contributed by atoms with Gasteiger partial charge in [0.15, 0.2) is 0 Å². The van der Waals surface area contributed by atoms with Crippen molar-refractivity contribution in [2.24, 2.45) is 0 Å². The van der Waals surface area contributed by atoms with Crippen LogP contribution in [0.5, 0.6) is 17.2 Å². The Kier molecular flexibility index (Phi) is 14.9. The molecule has 0 amide bonds. The van der Waals surface area contributed by atoms with Crippen LogP contribution in [0.15, 0.2) is 109 Å². The number of hydrogen-bond acceptors (Lipinski definition) is 12. The lowest BCUT2D eigenvalue weighted by Crippen LogP contribution is -2.39. The van der Waals surface area contributed by atoms with Crippen LogP contribution in [0.3, 0.4) is 0 Å². The van der Waals surface area contributed by atoms with E-state index in [1.54, 1.807) is 14.4 Å². The second kappa shape index (κ2) is 21.5. The molecule has 70 heavy (non-hydrogen) atoms. The third-order valence-electron chi connectivity index (χ3n) is 12.9. The van der Waals surface area contributed by atoms with Crippen LogP contribution in [-0.4, -0.2) is 114 Å². The molecule has 6 aromatic carbocycles. The average molecular weight is 955 g/mol. The molecule has 9 aromatic rings. The molecule has 0 saturated carbocycles. The van der Waals surface area contributed by atoms with Gasteiger partial charge in [-0.1, -0.05) is 96.1 Å². The van der Waals surface area contributed by atoms with Crippen LogP contribution in [-0.2, 0) is 19.6 Å². The van der Waals surface area contributed by atoms with Crippen LogP contribution in [0.2, 0.25) is 0 Å². The van der Waals surface area contributed by atoms with Crippen LogP contribution in [0.25, 0.3) is 50.2 Å². The summed E-state index contributed by atoms with van der Waals surface area (Å²) in [5, 5.41) is 30.1. The maximum atomic E-state index is 7.60. The summed E-state index contributed by atoms with van der Waals surface area (Å²) >= 11 is -3.56. The van der Waals surface area contributed by atoms with Crippen molar-refractivity contribution in [1.82, 2.24) is 59.7 Å². The molecule has 3 heterocycles. The summed E-state index contributed by atoms with van der Waals surface area (Å²) < 4.78 is 22.8. The van der Waals surface area contributed by atoms with E-state index in [1.165, 1.54) is 0 Å². The maximum absolute atomic E-state index is 7.60. The standard InChI is InChI=1S/3C18H22N4O.Al/c3*1-4-21(5-2)12-14-10-13(3)11-17(18(14)23)22-19-15-8-6-7-9-16(15)20-22;/h3*6-11,23H,4-5,12H2,1-3H3;/q;;;+3/p-3. The van der Waals surface area contributed by atoms with E-state index in [2.05, 4.69) is 113 Å². The van der Waals surface area contributed by atoms with E-state index in [-0.39, 0.29) is 0 Å². The summed E-state index contributed by atoms with van der Waals surface area (Å²) in [6.45, 7) is 26.3. The van der Waals surface area contributed by atoms with Gasteiger partial charge in [-0.3, -0.25) is 14.7 Å². The van der Waals surface area contributed by atoms with E-state index in [4.69, 9.17) is 42.0 Å². The molecule has 0 N–H and O–H groups in total. The van der Waals surface area contributed by atoms with Crippen LogP contribution in [0.1, 0.15) is 74.9 Å². The Labute approximate surface area is 415 Å². The van der Waals surface area contributed by atoms with Gasteiger partial charge < -0.3 is 11.4 Å². The summed E-state index contributed by atoms with van der Waals surface area (Å²) in [7, 11) is 0. The van der Waals surface area contributed by atoms with Gasteiger partial charge in [0.05, 0.1) is 0 Å². The van der Waals surface area contributed by atoms with E-state index in [1.807, 2.05) is 72.8 Å². The highest BCUT2D eigenvalue weighted by molar-refractivity contribution is 6.40. The minimum absolute atomic E-state index is 0.582. The molecule has 0 aliphatic carbocycles. The van der Waals surface area contributed by atoms with E-state index >= 15 is 0 Å². The van der Waals surface area contributed by atoms with Crippen molar-refractivity contribution < 1.29 is 11.4 Å². The number of benzene rings is 6. The highest BCUT2D eigenvalue weighted by Crippen LogP contribution is 2.37. The van der Waals surface area contributed by atoms with Crippen LogP contribution < -0.4 is 11.4 Å². The molecular weight excluding hydrogens is 892 g/mol. The zero-order valence-corrected chi connectivity index (χ0v) is 43.1. The predicted molar refractivity (Wildman–Crippen MR) is 278 cm³/mol. The SMILES string of the molecule is CCN(CC)Cc1cc(C)cc(-n2nc3ccccc3n2)c1[O][Al]([O]c1c(CN(CC)CC)cc(C)cc1-n1nc2ccccc2n1)[O]c1c(CN(CC)CC)cc(C)cc1-n1nc2ccccc2n1. The first-order valence-corrected chi connectivity index (χ1v) is 26.0. The molecule has 0 atom stereocenters. The fourth-order valence-corrected chi connectivity index (χ4v) is 10.6. The van der Waals surface area contributed by atoms with Crippen molar-refractivity contribution in [1.29, 1.82) is 0 Å². The molecule has 0 bridgehead atoms. The smallest absolute Gasteiger partial charge is 0.575 e. The van der Waals surface area contributed by atoms with Crippen molar-refractivity contribution in [3.8, 4) is 34.3 Å². The maximum Gasteiger partial charge on any atom is 1.20 e. The summed E-state index contributed by atoms with van der Waals surface area (Å²) in [6.07, 6.45) is 0. The van der Waals surface area contributed by atoms with Gasteiger partial charge >= 0.3 is 15.1 Å². The Morgan fingerprint density at radius 3 is 0.814 bits per heavy atom. The van der Waals surface area contributed by atoms with E-state index in [9.17, 15) is 0 Å².